The van der Waals surface area contributed by atoms with Crippen molar-refractivity contribution >= 4 is 21.5 Å². The molecular weight excluding hydrogens is 374 g/mol. The molecule has 0 amide bonds. The number of esters is 1. The van der Waals surface area contributed by atoms with Crippen molar-refractivity contribution in [3.63, 3.8) is 0 Å². The second kappa shape index (κ2) is 7.05. The molecule has 1 aliphatic heterocycles. The van der Waals surface area contributed by atoms with E-state index in [1.807, 2.05) is 6.07 Å². The number of fused-ring (bicyclic) bond motifs is 2. The first kappa shape index (κ1) is 18.1. The fourth-order valence-electron chi connectivity index (χ4n) is 3.39. The molecule has 1 heterocycles. The maximum absolute atomic E-state index is 13.0. The van der Waals surface area contributed by atoms with Crippen LogP contribution >= 0.6 is 0 Å². The Hall–Kier alpha value is -3.25. The van der Waals surface area contributed by atoms with E-state index in [1.165, 1.54) is 7.11 Å². The molecular formula is C22H17NO4S. The third-order valence-electron chi connectivity index (χ3n) is 4.69. The summed E-state index contributed by atoms with van der Waals surface area (Å²) in [6.45, 7) is 0. The highest BCUT2D eigenvalue weighted by atomic mass is 32.2. The summed E-state index contributed by atoms with van der Waals surface area (Å²) in [5.74, 6) is -0.574. The second-order valence-electron chi connectivity index (χ2n) is 6.32. The fourth-order valence-corrected chi connectivity index (χ4v) is 5.13. The first-order valence-corrected chi connectivity index (χ1v) is 10.2. The van der Waals surface area contributed by atoms with Crippen LogP contribution in [0.15, 0.2) is 93.6 Å². The SMILES string of the molecule is COC(=O)C(=NC1c2ccccc2S(=O)(=O)c2ccccc21)c1ccccc1. The van der Waals surface area contributed by atoms with Gasteiger partial charge in [-0.05, 0) is 12.1 Å². The number of carbonyl (C=O) groups is 1. The lowest BCUT2D eigenvalue weighted by Gasteiger charge is -2.26. The van der Waals surface area contributed by atoms with E-state index in [2.05, 4.69) is 0 Å². The number of methoxy groups -OCH3 is 1. The van der Waals surface area contributed by atoms with Crippen LogP contribution in [-0.2, 0) is 19.4 Å². The molecule has 0 saturated heterocycles. The number of aliphatic imine (C=N–C) groups is 1. The molecule has 5 nitrogen and oxygen atoms in total. The largest absolute Gasteiger partial charge is 0.464 e. The van der Waals surface area contributed by atoms with E-state index in [4.69, 9.17) is 9.73 Å². The highest BCUT2D eigenvalue weighted by molar-refractivity contribution is 7.91. The Morgan fingerprint density at radius 3 is 1.86 bits per heavy atom. The van der Waals surface area contributed by atoms with Crippen LogP contribution in [0.1, 0.15) is 22.7 Å². The number of ether oxygens (including phenoxy) is 1. The van der Waals surface area contributed by atoms with E-state index in [0.717, 1.165) is 0 Å². The molecule has 0 atom stereocenters. The van der Waals surface area contributed by atoms with E-state index >= 15 is 0 Å². The Bertz CT molecular complexity index is 1130. The van der Waals surface area contributed by atoms with Crippen molar-refractivity contribution in [1.29, 1.82) is 0 Å². The van der Waals surface area contributed by atoms with Crippen LogP contribution < -0.4 is 0 Å². The van der Waals surface area contributed by atoms with Crippen molar-refractivity contribution in [1.82, 2.24) is 0 Å². The van der Waals surface area contributed by atoms with Gasteiger partial charge < -0.3 is 4.74 Å². The second-order valence-corrected chi connectivity index (χ2v) is 8.20. The first-order valence-electron chi connectivity index (χ1n) is 8.68. The summed E-state index contributed by atoms with van der Waals surface area (Å²) in [4.78, 5) is 17.6. The van der Waals surface area contributed by atoms with E-state index in [9.17, 15) is 13.2 Å². The number of benzene rings is 3. The highest BCUT2D eigenvalue weighted by Gasteiger charge is 2.35. The van der Waals surface area contributed by atoms with Crippen LogP contribution in [0, 0.1) is 0 Å². The third kappa shape index (κ3) is 2.92. The van der Waals surface area contributed by atoms with Crippen LogP contribution in [0.2, 0.25) is 0 Å². The first-order chi connectivity index (χ1) is 13.5. The molecule has 3 aromatic rings. The van der Waals surface area contributed by atoms with Crippen molar-refractivity contribution in [3.8, 4) is 0 Å². The lowest BCUT2D eigenvalue weighted by molar-refractivity contribution is -0.132. The standard InChI is InChI=1S/C22H17NO4S/c1-27-22(24)20(15-9-3-2-4-10-15)23-21-16-11-5-7-13-18(16)28(25,26)19-14-8-6-12-17(19)21/h2-14,21H,1H3. The van der Waals surface area contributed by atoms with E-state index in [0.29, 0.717) is 16.7 Å². The third-order valence-corrected chi connectivity index (χ3v) is 6.59. The van der Waals surface area contributed by atoms with Gasteiger partial charge in [-0.2, -0.15) is 0 Å². The molecule has 1 aliphatic rings. The number of hydrogen-bond acceptors (Lipinski definition) is 5. The molecule has 28 heavy (non-hydrogen) atoms. The molecule has 0 radical (unpaired) electrons. The minimum Gasteiger partial charge on any atom is -0.464 e. The van der Waals surface area contributed by atoms with Crippen LogP contribution in [-0.4, -0.2) is 27.2 Å². The minimum absolute atomic E-state index is 0.150. The normalized spacial score (nSPS) is 15.4. The smallest absolute Gasteiger partial charge is 0.356 e. The summed E-state index contributed by atoms with van der Waals surface area (Å²) in [5, 5.41) is 0. The molecule has 0 saturated carbocycles. The van der Waals surface area contributed by atoms with Crippen molar-refractivity contribution in [2.75, 3.05) is 7.11 Å². The van der Waals surface area contributed by atoms with E-state index in [-0.39, 0.29) is 15.5 Å². The highest BCUT2D eigenvalue weighted by Crippen LogP contribution is 2.42. The zero-order valence-electron chi connectivity index (χ0n) is 15.1. The van der Waals surface area contributed by atoms with Crippen LogP contribution in [0.4, 0.5) is 0 Å². The van der Waals surface area contributed by atoms with Gasteiger partial charge in [0, 0.05) is 16.7 Å². The van der Waals surface area contributed by atoms with Gasteiger partial charge in [0.1, 0.15) is 6.04 Å². The fraction of sp³-hybridized carbons (Fsp3) is 0.0909. The predicted octanol–water partition coefficient (Wildman–Crippen LogP) is 3.58. The molecule has 0 fully saturated rings. The van der Waals surface area contributed by atoms with Crippen molar-refractivity contribution in [3.05, 3.63) is 95.6 Å². The Kier molecular flexibility index (Phi) is 4.57. The Labute approximate surface area is 163 Å². The maximum atomic E-state index is 13.0. The number of sulfone groups is 1. The molecule has 4 rings (SSSR count). The molecule has 0 spiro atoms. The lowest BCUT2D eigenvalue weighted by atomic mass is 9.97. The molecule has 0 bridgehead atoms. The van der Waals surface area contributed by atoms with Crippen LogP contribution in [0.5, 0.6) is 0 Å². The van der Waals surface area contributed by atoms with Crippen molar-refractivity contribution in [2.24, 2.45) is 4.99 Å². The number of nitrogens with zero attached hydrogens (tertiary/aromatic N) is 1. The number of carbonyl (C=O) groups excluding carboxylic acids is 1. The quantitative estimate of drug-likeness (QED) is 0.505. The van der Waals surface area contributed by atoms with Crippen molar-refractivity contribution in [2.45, 2.75) is 15.8 Å². The summed E-state index contributed by atoms with van der Waals surface area (Å²) in [5.41, 5.74) is 1.84. The summed E-state index contributed by atoms with van der Waals surface area (Å²) in [6, 6.07) is 21.9. The van der Waals surface area contributed by atoms with Gasteiger partial charge in [-0.25, -0.2) is 13.2 Å². The van der Waals surface area contributed by atoms with Crippen LogP contribution in [0.25, 0.3) is 0 Å². The Balaban J connectivity index is 2.00. The zero-order valence-corrected chi connectivity index (χ0v) is 15.9. The number of hydrogen-bond donors (Lipinski definition) is 0. The molecule has 0 aliphatic carbocycles. The monoisotopic (exact) mass is 391 g/mol. The zero-order chi connectivity index (χ0) is 19.7. The summed E-state index contributed by atoms with van der Waals surface area (Å²) < 4.78 is 31.0. The van der Waals surface area contributed by atoms with Gasteiger partial charge in [-0.15, -0.1) is 0 Å². The van der Waals surface area contributed by atoms with Crippen molar-refractivity contribution < 1.29 is 17.9 Å². The Morgan fingerprint density at radius 2 is 1.32 bits per heavy atom. The molecule has 0 N–H and O–H groups in total. The molecule has 0 unspecified atom stereocenters. The van der Waals surface area contributed by atoms with Gasteiger partial charge >= 0.3 is 5.97 Å². The minimum atomic E-state index is -3.65. The summed E-state index contributed by atoms with van der Waals surface area (Å²) in [7, 11) is -2.35. The van der Waals surface area contributed by atoms with Gasteiger partial charge in [-0.3, -0.25) is 4.99 Å². The molecule has 6 heteroatoms. The number of rotatable bonds is 3. The van der Waals surface area contributed by atoms with Gasteiger partial charge in [-0.1, -0.05) is 66.7 Å². The molecule has 3 aromatic carbocycles. The summed E-state index contributed by atoms with van der Waals surface area (Å²) >= 11 is 0. The van der Waals surface area contributed by atoms with Gasteiger partial charge in [0.25, 0.3) is 0 Å². The van der Waals surface area contributed by atoms with Gasteiger partial charge in [0.05, 0.1) is 16.9 Å². The molecule has 140 valence electrons. The average Bonchev–Trinajstić information content (AvgIpc) is 2.74. The van der Waals surface area contributed by atoms with E-state index in [1.54, 1.807) is 72.8 Å². The molecule has 0 aromatic heterocycles. The average molecular weight is 391 g/mol. The topological polar surface area (TPSA) is 72.8 Å². The Morgan fingerprint density at radius 1 is 0.821 bits per heavy atom. The van der Waals surface area contributed by atoms with Gasteiger partial charge in [0.2, 0.25) is 9.84 Å². The predicted molar refractivity (Wildman–Crippen MR) is 105 cm³/mol. The summed E-state index contributed by atoms with van der Waals surface area (Å²) in [6.07, 6.45) is 0. The lowest BCUT2D eigenvalue weighted by Crippen LogP contribution is -2.22. The van der Waals surface area contributed by atoms with Gasteiger partial charge in [0.15, 0.2) is 5.71 Å². The van der Waals surface area contributed by atoms with Crippen LogP contribution in [0.3, 0.4) is 0 Å². The van der Waals surface area contributed by atoms with E-state index < -0.39 is 21.8 Å². The maximum Gasteiger partial charge on any atom is 0.356 e.